The molecule has 3 aromatic rings. The molecule has 0 radical (unpaired) electrons. The van der Waals surface area contributed by atoms with E-state index >= 15 is 0 Å². The van der Waals surface area contributed by atoms with Crippen LogP contribution < -0.4 is 4.90 Å². The minimum Gasteiger partial charge on any atom is -0.268 e. The Morgan fingerprint density at radius 3 is 2.00 bits per heavy atom. The zero-order chi connectivity index (χ0) is 18.1. The number of fused-ring (bicyclic) bond motifs is 1. The molecule has 0 aliphatic carbocycles. The number of carbonyl (C=O) groups excluding carboxylic acids is 2. The first-order valence-corrected chi connectivity index (χ1v) is 8.95. The predicted molar refractivity (Wildman–Crippen MR) is 107 cm³/mol. The number of amides is 2. The van der Waals surface area contributed by atoms with Crippen molar-refractivity contribution in [2.75, 3.05) is 4.90 Å². The largest absolute Gasteiger partial charge is 0.268 e. The molecule has 0 saturated carbocycles. The SMILES string of the molecule is O=C1/C(=C/c2ccc(Br)cc2)c2ccccc2C(=O)N1c1ccccc1. The molecule has 0 aromatic heterocycles. The Morgan fingerprint density at radius 1 is 0.692 bits per heavy atom. The number of hydrogen-bond acceptors (Lipinski definition) is 2. The van der Waals surface area contributed by atoms with Gasteiger partial charge in [0.15, 0.2) is 0 Å². The lowest BCUT2D eigenvalue weighted by Gasteiger charge is -2.28. The zero-order valence-electron chi connectivity index (χ0n) is 13.7. The Bertz CT molecular complexity index is 1020. The summed E-state index contributed by atoms with van der Waals surface area (Å²) < 4.78 is 0.969. The number of hydrogen-bond donors (Lipinski definition) is 0. The second-order valence-electron chi connectivity index (χ2n) is 5.94. The van der Waals surface area contributed by atoms with Crippen molar-refractivity contribution in [3.63, 3.8) is 0 Å². The fourth-order valence-electron chi connectivity index (χ4n) is 3.03. The third-order valence-electron chi connectivity index (χ3n) is 4.28. The molecule has 3 aromatic carbocycles. The van der Waals surface area contributed by atoms with Gasteiger partial charge in [0.1, 0.15) is 0 Å². The Kier molecular flexibility index (Phi) is 4.27. The average Bonchev–Trinajstić information content (AvgIpc) is 2.68. The second kappa shape index (κ2) is 6.73. The summed E-state index contributed by atoms with van der Waals surface area (Å²) in [7, 11) is 0. The number of halogens is 1. The van der Waals surface area contributed by atoms with E-state index in [2.05, 4.69) is 15.9 Å². The number of carbonyl (C=O) groups is 2. The molecule has 0 bridgehead atoms. The molecular weight excluding hydrogens is 390 g/mol. The van der Waals surface area contributed by atoms with E-state index in [9.17, 15) is 9.59 Å². The van der Waals surface area contributed by atoms with E-state index in [1.54, 1.807) is 18.2 Å². The van der Waals surface area contributed by atoms with Crippen molar-refractivity contribution in [3.05, 3.63) is 100 Å². The van der Waals surface area contributed by atoms with Crippen LogP contribution in [0.25, 0.3) is 11.6 Å². The summed E-state index contributed by atoms with van der Waals surface area (Å²) in [6.45, 7) is 0. The maximum atomic E-state index is 13.2. The van der Waals surface area contributed by atoms with E-state index in [0.29, 0.717) is 22.4 Å². The number of rotatable bonds is 2. The van der Waals surface area contributed by atoms with Gasteiger partial charge in [-0.15, -0.1) is 0 Å². The molecule has 0 saturated heterocycles. The topological polar surface area (TPSA) is 37.4 Å². The van der Waals surface area contributed by atoms with Crippen LogP contribution in [0.1, 0.15) is 21.5 Å². The lowest BCUT2D eigenvalue weighted by atomic mass is 9.91. The standard InChI is InChI=1S/C22H14BrNO2/c23-16-12-10-15(11-13-16)14-20-18-8-4-5-9-19(18)21(25)24(22(20)26)17-6-2-1-3-7-17/h1-14H/b20-14+. The van der Waals surface area contributed by atoms with Gasteiger partial charge in [0, 0.05) is 15.6 Å². The smallest absolute Gasteiger partial charge is 0.265 e. The minimum atomic E-state index is -0.317. The fraction of sp³-hybridized carbons (Fsp3) is 0. The molecule has 2 amide bonds. The summed E-state index contributed by atoms with van der Waals surface area (Å²) in [5, 5.41) is 0. The van der Waals surface area contributed by atoms with E-state index < -0.39 is 0 Å². The quantitative estimate of drug-likeness (QED) is 0.436. The van der Waals surface area contributed by atoms with Crippen LogP contribution in [0.15, 0.2) is 83.3 Å². The Balaban J connectivity index is 1.90. The lowest BCUT2D eigenvalue weighted by molar-refractivity contribution is -0.112. The number of imide groups is 1. The predicted octanol–water partition coefficient (Wildman–Crippen LogP) is 5.18. The van der Waals surface area contributed by atoms with Crippen molar-refractivity contribution in [1.82, 2.24) is 0 Å². The normalized spacial score (nSPS) is 15.3. The maximum absolute atomic E-state index is 13.2. The minimum absolute atomic E-state index is 0.301. The number of nitrogens with zero attached hydrogens (tertiary/aromatic N) is 1. The van der Waals surface area contributed by atoms with Gasteiger partial charge in [-0.1, -0.05) is 64.5 Å². The Hall–Kier alpha value is -2.98. The molecule has 126 valence electrons. The van der Waals surface area contributed by atoms with E-state index in [0.717, 1.165) is 10.0 Å². The molecule has 0 spiro atoms. The third-order valence-corrected chi connectivity index (χ3v) is 4.81. The molecule has 0 unspecified atom stereocenters. The van der Waals surface area contributed by atoms with Gasteiger partial charge in [-0.25, -0.2) is 4.90 Å². The molecule has 4 rings (SSSR count). The van der Waals surface area contributed by atoms with Crippen molar-refractivity contribution in [3.8, 4) is 0 Å². The van der Waals surface area contributed by atoms with Crippen LogP contribution in [0, 0.1) is 0 Å². The van der Waals surface area contributed by atoms with Crippen LogP contribution in [0.2, 0.25) is 0 Å². The Labute approximate surface area is 159 Å². The van der Waals surface area contributed by atoms with Crippen LogP contribution >= 0.6 is 15.9 Å². The number of benzene rings is 3. The fourth-order valence-corrected chi connectivity index (χ4v) is 3.29. The van der Waals surface area contributed by atoms with Crippen LogP contribution in [0.5, 0.6) is 0 Å². The molecule has 0 fully saturated rings. The van der Waals surface area contributed by atoms with Gasteiger partial charge < -0.3 is 0 Å². The molecule has 26 heavy (non-hydrogen) atoms. The lowest BCUT2D eigenvalue weighted by Crippen LogP contribution is -2.41. The van der Waals surface area contributed by atoms with Gasteiger partial charge >= 0.3 is 0 Å². The van der Waals surface area contributed by atoms with Crippen molar-refractivity contribution in [2.24, 2.45) is 0 Å². The van der Waals surface area contributed by atoms with Crippen LogP contribution in [-0.4, -0.2) is 11.8 Å². The molecule has 1 aliphatic heterocycles. The highest BCUT2D eigenvalue weighted by atomic mass is 79.9. The van der Waals surface area contributed by atoms with Gasteiger partial charge in [0.25, 0.3) is 11.8 Å². The van der Waals surface area contributed by atoms with Crippen LogP contribution in [0.3, 0.4) is 0 Å². The number of para-hydroxylation sites is 1. The van der Waals surface area contributed by atoms with E-state index in [1.807, 2.05) is 66.7 Å². The van der Waals surface area contributed by atoms with Crippen molar-refractivity contribution < 1.29 is 9.59 Å². The summed E-state index contributed by atoms with van der Waals surface area (Å²) in [4.78, 5) is 27.4. The highest BCUT2D eigenvalue weighted by molar-refractivity contribution is 9.10. The summed E-state index contributed by atoms with van der Waals surface area (Å²) in [6, 6.07) is 23.9. The van der Waals surface area contributed by atoms with Crippen molar-refractivity contribution in [1.29, 1.82) is 0 Å². The van der Waals surface area contributed by atoms with Crippen molar-refractivity contribution in [2.45, 2.75) is 0 Å². The monoisotopic (exact) mass is 403 g/mol. The second-order valence-corrected chi connectivity index (χ2v) is 6.85. The maximum Gasteiger partial charge on any atom is 0.265 e. The first kappa shape index (κ1) is 16.5. The molecule has 1 aliphatic rings. The zero-order valence-corrected chi connectivity index (χ0v) is 15.3. The highest BCUT2D eigenvalue weighted by Crippen LogP contribution is 2.33. The van der Waals surface area contributed by atoms with Gasteiger partial charge in [-0.2, -0.15) is 0 Å². The Morgan fingerprint density at radius 2 is 1.31 bits per heavy atom. The van der Waals surface area contributed by atoms with Gasteiger partial charge in [-0.3, -0.25) is 9.59 Å². The van der Waals surface area contributed by atoms with E-state index in [1.165, 1.54) is 4.90 Å². The molecule has 0 atom stereocenters. The van der Waals surface area contributed by atoms with Crippen LogP contribution in [0.4, 0.5) is 5.69 Å². The highest BCUT2D eigenvalue weighted by Gasteiger charge is 2.35. The molecular formula is C22H14BrNO2. The van der Waals surface area contributed by atoms with Gasteiger partial charge in [0.05, 0.1) is 5.69 Å². The summed E-state index contributed by atoms with van der Waals surface area (Å²) in [5.41, 5.74) is 3.16. The molecule has 0 N–H and O–H groups in total. The number of anilines is 1. The summed E-state index contributed by atoms with van der Waals surface area (Å²) in [6.07, 6.45) is 1.83. The third kappa shape index (κ3) is 2.89. The van der Waals surface area contributed by atoms with Gasteiger partial charge in [-0.05, 0) is 47.5 Å². The first-order valence-electron chi connectivity index (χ1n) is 8.15. The van der Waals surface area contributed by atoms with Gasteiger partial charge in [0.2, 0.25) is 0 Å². The van der Waals surface area contributed by atoms with Crippen molar-refractivity contribution >= 4 is 45.1 Å². The molecule has 1 heterocycles. The van der Waals surface area contributed by atoms with E-state index in [4.69, 9.17) is 0 Å². The average molecular weight is 404 g/mol. The summed E-state index contributed by atoms with van der Waals surface area (Å²) in [5.74, 6) is -0.618. The first-order chi connectivity index (χ1) is 12.6. The summed E-state index contributed by atoms with van der Waals surface area (Å²) >= 11 is 3.42. The van der Waals surface area contributed by atoms with Crippen LogP contribution in [-0.2, 0) is 4.79 Å². The molecule has 4 heteroatoms. The molecule has 3 nitrogen and oxygen atoms in total. The van der Waals surface area contributed by atoms with E-state index in [-0.39, 0.29) is 11.8 Å².